The number of carboxylic acids is 1. The van der Waals surface area contributed by atoms with Crippen LogP contribution in [0.1, 0.15) is 30.5 Å². The van der Waals surface area contributed by atoms with E-state index in [2.05, 4.69) is 35.9 Å². The van der Waals surface area contributed by atoms with Crippen LogP contribution in [-0.2, 0) is 32.0 Å². The Labute approximate surface area is 258 Å². The van der Waals surface area contributed by atoms with Crippen molar-refractivity contribution < 1.29 is 24.3 Å². The number of guanidine groups is 1. The Bertz CT molecular complexity index is 1420. The molecule has 12 N–H and O–H groups in total. The number of imidazole rings is 1. The van der Waals surface area contributed by atoms with E-state index in [9.17, 15) is 24.3 Å². The lowest BCUT2D eigenvalue weighted by Crippen LogP contribution is -2.58. The number of rotatable bonds is 18. The van der Waals surface area contributed by atoms with Crippen molar-refractivity contribution in [3.8, 4) is 0 Å². The summed E-state index contributed by atoms with van der Waals surface area (Å²) in [5.74, 6) is -2.66. The van der Waals surface area contributed by atoms with Gasteiger partial charge < -0.3 is 48.2 Å². The second kappa shape index (κ2) is 16.9. The fraction of sp³-hybridized carbons (Fsp3) is 0.429. The summed E-state index contributed by atoms with van der Waals surface area (Å²) in [4.78, 5) is 65.8. The van der Waals surface area contributed by atoms with Gasteiger partial charge in [-0.3, -0.25) is 19.4 Å². The Balaban J connectivity index is 1.77. The number of thioether (sulfide) groups is 1. The third-order valence-electron chi connectivity index (χ3n) is 6.87. The lowest BCUT2D eigenvalue weighted by Gasteiger charge is -2.25. The molecule has 0 saturated carbocycles. The molecule has 4 atom stereocenters. The van der Waals surface area contributed by atoms with Crippen molar-refractivity contribution in [2.45, 2.75) is 56.3 Å². The number of carbonyl (C=O) groups is 4. The number of aromatic nitrogens is 3. The molecule has 238 valence electrons. The fourth-order valence-electron chi connectivity index (χ4n) is 4.54. The quantitative estimate of drug-likeness (QED) is 0.0488. The number of nitrogens with two attached hydrogens (primary N) is 3. The number of nitrogens with one attached hydrogen (secondary N) is 5. The SMILES string of the molecule is CSCCC(NC(=O)C(Cc1c[nH]c2ccccc12)NC(=O)C(N)Cc1cnc[nH]1)C(=O)NC(CCCN=C(N)N)C(=O)O. The maximum atomic E-state index is 13.7. The van der Waals surface area contributed by atoms with E-state index in [1.165, 1.54) is 18.1 Å². The lowest BCUT2D eigenvalue weighted by molar-refractivity contribution is -0.142. The van der Waals surface area contributed by atoms with Gasteiger partial charge in [-0.05, 0) is 42.9 Å². The van der Waals surface area contributed by atoms with E-state index >= 15 is 0 Å². The molecule has 0 fully saturated rings. The molecule has 2 heterocycles. The number of carbonyl (C=O) groups excluding carboxylic acids is 3. The number of amides is 3. The minimum atomic E-state index is -1.23. The first-order chi connectivity index (χ1) is 21.1. The third-order valence-corrected chi connectivity index (χ3v) is 7.51. The van der Waals surface area contributed by atoms with Crippen LogP contribution in [0.5, 0.6) is 0 Å². The van der Waals surface area contributed by atoms with Crippen molar-refractivity contribution in [1.29, 1.82) is 0 Å². The first kappa shape index (κ1) is 33.9. The Morgan fingerprint density at radius 2 is 1.68 bits per heavy atom. The monoisotopic (exact) mass is 628 g/mol. The van der Waals surface area contributed by atoms with Gasteiger partial charge in [0.25, 0.3) is 0 Å². The van der Waals surface area contributed by atoms with Gasteiger partial charge in [0.1, 0.15) is 18.1 Å². The van der Waals surface area contributed by atoms with E-state index in [-0.39, 0.29) is 38.2 Å². The normalized spacial score (nSPS) is 13.8. The number of fused-ring (bicyclic) bond motifs is 1. The molecule has 0 aliphatic heterocycles. The van der Waals surface area contributed by atoms with Crippen LogP contribution in [0.15, 0.2) is 48.0 Å². The smallest absolute Gasteiger partial charge is 0.326 e. The summed E-state index contributed by atoms with van der Waals surface area (Å²) in [6.45, 7) is 0.201. The fourth-order valence-corrected chi connectivity index (χ4v) is 5.02. The molecule has 3 rings (SSSR count). The Morgan fingerprint density at radius 1 is 0.977 bits per heavy atom. The summed E-state index contributed by atoms with van der Waals surface area (Å²) < 4.78 is 0. The van der Waals surface area contributed by atoms with Gasteiger partial charge in [-0.1, -0.05) is 18.2 Å². The zero-order valence-electron chi connectivity index (χ0n) is 24.4. The van der Waals surface area contributed by atoms with Crippen molar-refractivity contribution in [3.63, 3.8) is 0 Å². The molecule has 3 amide bonds. The van der Waals surface area contributed by atoms with Gasteiger partial charge in [-0.15, -0.1) is 0 Å². The van der Waals surface area contributed by atoms with Crippen molar-refractivity contribution in [2.24, 2.45) is 22.2 Å². The molecule has 16 heteroatoms. The third kappa shape index (κ3) is 10.3. The summed E-state index contributed by atoms with van der Waals surface area (Å²) in [6.07, 6.45) is 7.55. The zero-order valence-corrected chi connectivity index (χ0v) is 25.2. The van der Waals surface area contributed by atoms with Gasteiger partial charge >= 0.3 is 5.97 Å². The van der Waals surface area contributed by atoms with E-state index in [1.54, 1.807) is 12.4 Å². The van der Waals surface area contributed by atoms with Gasteiger partial charge in [0.15, 0.2) is 5.96 Å². The van der Waals surface area contributed by atoms with Gasteiger partial charge in [-0.2, -0.15) is 11.8 Å². The topological polar surface area (TPSA) is 259 Å². The number of carboxylic acid groups (broad SMARTS) is 1. The Kier molecular flexibility index (Phi) is 13.0. The van der Waals surface area contributed by atoms with Crippen LogP contribution in [-0.4, -0.2) is 92.4 Å². The summed E-state index contributed by atoms with van der Waals surface area (Å²) in [6, 6.07) is 3.20. The van der Waals surface area contributed by atoms with Crippen LogP contribution < -0.4 is 33.2 Å². The number of hydrogen-bond acceptors (Lipinski definition) is 8. The number of H-pyrrole nitrogens is 2. The predicted molar refractivity (Wildman–Crippen MR) is 169 cm³/mol. The Morgan fingerprint density at radius 3 is 2.36 bits per heavy atom. The summed E-state index contributed by atoms with van der Waals surface area (Å²) >= 11 is 1.46. The zero-order chi connectivity index (χ0) is 32.1. The highest BCUT2D eigenvalue weighted by Crippen LogP contribution is 2.19. The molecule has 1 aromatic carbocycles. The molecule has 2 aromatic heterocycles. The van der Waals surface area contributed by atoms with Gasteiger partial charge in [0.05, 0.1) is 12.4 Å². The van der Waals surface area contributed by atoms with Gasteiger partial charge in [0, 0.05) is 48.4 Å². The number of aromatic amines is 2. The molecule has 0 aliphatic carbocycles. The van der Waals surface area contributed by atoms with Crippen molar-refractivity contribution in [2.75, 3.05) is 18.6 Å². The molecule has 0 bridgehead atoms. The number of para-hydroxylation sites is 1. The molecule has 3 aromatic rings. The maximum Gasteiger partial charge on any atom is 0.326 e. The highest BCUT2D eigenvalue weighted by atomic mass is 32.2. The minimum Gasteiger partial charge on any atom is -0.480 e. The van der Waals surface area contributed by atoms with Crippen molar-refractivity contribution >= 4 is 52.3 Å². The van der Waals surface area contributed by atoms with E-state index in [0.29, 0.717) is 17.9 Å². The summed E-state index contributed by atoms with van der Waals surface area (Å²) in [5, 5.41) is 18.5. The Hall–Kier alpha value is -4.57. The highest BCUT2D eigenvalue weighted by Gasteiger charge is 2.31. The molecule has 4 unspecified atom stereocenters. The molecular formula is C28H40N10O5S. The largest absolute Gasteiger partial charge is 0.480 e. The molecule has 44 heavy (non-hydrogen) atoms. The van der Waals surface area contributed by atoms with E-state index in [1.807, 2.05) is 30.5 Å². The second-order valence-electron chi connectivity index (χ2n) is 10.2. The number of aliphatic carboxylic acids is 1. The standard InChI is InChI=1S/C28H40N10O5S/c1-44-10-8-21(25(40)37-22(27(42)43)7-4-9-33-28(30)31)36-26(41)23(11-16-13-34-20-6-3-2-5-18(16)20)38-24(39)19(29)12-17-14-32-15-35-17/h2-3,5-6,13-15,19,21-23,34H,4,7-12,29H2,1H3,(H,32,35)(H,36,41)(H,37,40)(H,38,39)(H,42,43)(H4,30,31,33). The van der Waals surface area contributed by atoms with E-state index in [0.717, 1.165) is 16.5 Å². The first-order valence-electron chi connectivity index (χ1n) is 14.0. The number of aliphatic imine (C=N–C) groups is 1. The van der Waals surface area contributed by atoms with Crippen LogP contribution >= 0.6 is 11.8 Å². The predicted octanol–water partition coefficient (Wildman–Crippen LogP) is -0.651. The van der Waals surface area contributed by atoms with Gasteiger partial charge in [0.2, 0.25) is 17.7 Å². The summed E-state index contributed by atoms with van der Waals surface area (Å²) in [5.41, 5.74) is 19.1. The first-order valence-corrected chi connectivity index (χ1v) is 15.4. The molecule has 15 nitrogen and oxygen atoms in total. The number of benzene rings is 1. The van der Waals surface area contributed by atoms with Crippen LogP contribution in [0.25, 0.3) is 10.9 Å². The van der Waals surface area contributed by atoms with Crippen LogP contribution in [0.4, 0.5) is 0 Å². The average molecular weight is 629 g/mol. The molecular weight excluding hydrogens is 588 g/mol. The maximum absolute atomic E-state index is 13.7. The molecule has 0 spiro atoms. The van der Waals surface area contributed by atoms with Crippen molar-refractivity contribution in [1.82, 2.24) is 30.9 Å². The van der Waals surface area contributed by atoms with Crippen LogP contribution in [0.3, 0.4) is 0 Å². The average Bonchev–Trinajstić information content (AvgIpc) is 3.66. The van der Waals surface area contributed by atoms with Crippen LogP contribution in [0, 0.1) is 0 Å². The van der Waals surface area contributed by atoms with E-state index < -0.39 is 47.9 Å². The van der Waals surface area contributed by atoms with Gasteiger partial charge in [-0.25, -0.2) is 9.78 Å². The highest BCUT2D eigenvalue weighted by molar-refractivity contribution is 7.98. The minimum absolute atomic E-state index is 0.0779. The van der Waals surface area contributed by atoms with Crippen LogP contribution in [0.2, 0.25) is 0 Å². The molecule has 0 radical (unpaired) electrons. The molecule has 0 saturated heterocycles. The van der Waals surface area contributed by atoms with E-state index in [4.69, 9.17) is 17.2 Å². The number of hydrogen-bond donors (Lipinski definition) is 9. The molecule has 0 aliphatic rings. The van der Waals surface area contributed by atoms with Crippen molar-refractivity contribution in [3.05, 3.63) is 54.2 Å². The number of nitrogens with zero attached hydrogens (tertiary/aromatic N) is 2. The lowest BCUT2D eigenvalue weighted by atomic mass is 10.0. The second-order valence-corrected chi connectivity index (χ2v) is 11.2. The summed E-state index contributed by atoms with van der Waals surface area (Å²) in [7, 11) is 0.